The topological polar surface area (TPSA) is 59.8 Å². The van der Waals surface area contributed by atoms with E-state index in [1.54, 1.807) is 0 Å². The molecular formula is C27H27ClN4OS. The number of nitrogens with zero attached hydrogens (tertiary/aromatic N) is 3. The molecule has 7 heteroatoms. The molecule has 4 rings (SSSR count). The largest absolute Gasteiger partial charge is 0.325 e. The van der Waals surface area contributed by atoms with Crippen molar-refractivity contribution < 1.29 is 4.79 Å². The zero-order chi connectivity index (χ0) is 24.2. The van der Waals surface area contributed by atoms with Crippen molar-refractivity contribution in [2.24, 2.45) is 0 Å². The number of halogens is 1. The third-order valence-electron chi connectivity index (χ3n) is 5.37. The maximum Gasteiger partial charge on any atom is 0.234 e. The first kappa shape index (κ1) is 24.0. The van der Waals surface area contributed by atoms with E-state index < -0.39 is 0 Å². The van der Waals surface area contributed by atoms with Gasteiger partial charge in [0.05, 0.1) is 11.4 Å². The predicted molar refractivity (Wildman–Crippen MR) is 141 cm³/mol. The summed E-state index contributed by atoms with van der Waals surface area (Å²) in [6.45, 7) is 8.36. The molecule has 1 heterocycles. The molecule has 0 fully saturated rings. The zero-order valence-corrected chi connectivity index (χ0v) is 21.2. The van der Waals surface area contributed by atoms with Crippen LogP contribution in [0.15, 0.2) is 71.9 Å². The van der Waals surface area contributed by atoms with Crippen LogP contribution in [0, 0.1) is 13.8 Å². The van der Waals surface area contributed by atoms with E-state index in [9.17, 15) is 4.79 Å². The van der Waals surface area contributed by atoms with Crippen molar-refractivity contribution in [2.45, 2.75) is 38.8 Å². The smallest absolute Gasteiger partial charge is 0.234 e. The van der Waals surface area contributed by atoms with E-state index in [2.05, 4.69) is 47.6 Å². The lowest BCUT2D eigenvalue weighted by atomic mass is 10.0. The highest BCUT2D eigenvalue weighted by atomic mass is 35.5. The monoisotopic (exact) mass is 490 g/mol. The van der Waals surface area contributed by atoms with Crippen LogP contribution in [-0.2, 0) is 4.79 Å². The molecule has 4 aromatic rings. The van der Waals surface area contributed by atoms with E-state index in [1.807, 2.05) is 66.9 Å². The van der Waals surface area contributed by atoms with Gasteiger partial charge in [-0.3, -0.25) is 9.36 Å². The fourth-order valence-electron chi connectivity index (χ4n) is 3.92. The third-order valence-corrected chi connectivity index (χ3v) is 6.55. The summed E-state index contributed by atoms with van der Waals surface area (Å²) in [5.41, 5.74) is 6.11. The van der Waals surface area contributed by atoms with Crippen molar-refractivity contribution in [1.29, 1.82) is 0 Å². The van der Waals surface area contributed by atoms with E-state index in [0.717, 1.165) is 28.1 Å². The molecule has 0 aliphatic carbocycles. The molecule has 1 aromatic heterocycles. The summed E-state index contributed by atoms with van der Waals surface area (Å²) in [4.78, 5) is 12.7. The molecule has 1 N–H and O–H groups in total. The first-order valence-corrected chi connectivity index (χ1v) is 12.5. The lowest BCUT2D eigenvalue weighted by molar-refractivity contribution is -0.113. The Labute approximate surface area is 209 Å². The second kappa shape index (κ2) is 10.5. The third kappa shape index (κ3) is 5.51. The number of carbonyl (C=O) groups is 1. The minimum atomic E-state index is -0.0882. The highest BCUT2D eigenvalue weighted by Crippen LogP contribution is 2.32. The summed E-state index contributed by atoms with van der Waals surface area (Å²) in [5, 5.41) is 13.3. The quantitative estimate of drug-likeness (QED) is 0.282. The lowest BCUT2D eigenvalue weighted by Crippen LogP contribution is -2.15. The van der Waals surface area contributed by atoms with Crippen molar-refractivity contribution in [3.8, 4) is 17.1 Å². The Balaban J connectivity index is 1.66. The number of hydrogen-bond donors (Lipinski definition) is 1. The van der Waals surface area contributed by atoms with E-state index in [1.165, 1.54) is 17.3 Å². The van der Waals surface area contributed by atoms with E-state index in [4.69, 9.17) is 11.6 Å². The molecule has 0 saturated carbocycles. The van der Waals surface area contributed by atoms with Crippen LogP contribution in [0.25, 0.3) is 17.1 Å². The Morgan fingerprint density at radius 2 is 1.68 bits per heavy atom. The van der Waals surface area contributed by atoms with Crippen LogP contribution < -0.4 is 5.32 Å². The Morgan fingerprint density at radius 3 is 2.35 bits per heavy atom. The Bertz CT molecular complexity index is 1290. The summed E-state index contributed by atoms with van der Waals surface area (Å²) in [6.07, 6.45) is 0. The summed E-state index contributed by atoms with van der Waals surface area (Å²) in [5.74, 6) is 1.15. The van der Waals surface area contributed by atoms with E-state index in [0.29, 0.717) is 21.9 Å². The summed E-state index contributed by atoms with van der Waals surface area (Å²) in [7, 11) is 0. The molecule has 0 radical (unpaired) electrons. The molecule has 0 aliphatic rings. The van der Waals surface area contributed by atoms with Gasteiger partial charge in [-0.15, -0.1) is 10.2 Å². The number of amides is 1. The molecule has 0 atom stereocenters. The number of carbonyl (C=O) groups excluding carboxylic acids is 1. The van der Waals surface area contributed by atoms with Gasteiger partial charge >= 0.3 is 0 Å². The van der Waals surface area contributed by atoms with Gasteiger partial charge in [-0.1, -0.05) is 61.5 Å². The molecule has 174 valence electrons. The number of thioether (sulfide) groups is 1. The molecule has 1 amide bonds. The molecule has 34 heavy (non-hydrogen) atoms. The molecule has 0 unspecified atom stereocenters. The van der Waals surface area contributed by atoms with Crippen LogP contribution in [0.2, 0.25) is 5.02 Å². The van der Waals surface area contributed by atoms with Gasteiger partial charge in [0.25, 0.3) is 0 Å². The van der Waals surface area contributed by atoms with E-state index >= 15 is 0 Å². The van der Waals surface area contributed by atoms with Gasteiger partial charge in [0.2, 0.25) is 5.91 Å². The van der Waals surface area contributed by atoms with Crippen LogP contribution in [-0.4, -0.2) is 26.4 Å². The number of benzene rings is 3. The van der Waals surface area contributed by atoms with Gasteiger partial charge in [-0.2, -0.15) is 0 Å². The Kier molecular flexibility index (Phi) is 7.39. The predicted octanol–water partition coefficient (Wildman–Crippen LogP) is 7.06. The van der Waals surface area contributed by atoms with Gasteiger partial charge in [0, 0.05) is 16.3 Å². The van der Waals surface area contributed by atoms with Crippen molar-refractivity contribution in [1.82, 2.24) is 14.8 Å². The molecule has 5 nitrogen and oxygen atoms in total. The van der Waals surface area contributed by atoms with Gasteiger partial charge < -0.3 is 5.32 Å². The normalized spacial score (nSPS) is 11.1. The summed E-state index contributed by atoms with van der Waals surface area (Å²) < 4.78 is 2.04. The Morgan fingerprint density at radius 1 is 1.00 bits per heavy atom. The van der Waals surface area contributed by atoms with Crippen LogP contribution in [0.1, 0.15) is 36.5 Å². The maximum absolute atomic E-state index is 12.7. The number of aromatic nitrogens is 3. The average molecular weight is 491 g/mol. The van der Waals surface area contributed by atoms with Crippen LogP contribution >= 0.6 is 23.4 Å². The number of rotatable bonds is 7. The second-order valence-electron chi connectivity index (χ2n) is 8.58. The van der Waals surface area contributed by atoms with Crippen molar-refractivity contribution in [3.63, 3.8) is 0 Å². The highest BCUT2D eigenvalue weighted by Gasteiger charge is 2.20. The van der Waals surface area contributed by atoms with Crippen LogP contribution in [0.3, 0.4) is 0 Å². The van der Waals surface area contributed by atoms with Crippen LogP contribution in [0.4, 0.5) is 5.69 Å². The average Bonchev–Trinajstić information content (AvgIpc) is 3.21. The maximum atomic E-state index is 12.7. The molecular weight excluding hydrogens is 464 g/mol. The van der Waals surface area contributed by atoms with Crippen molar-refractivity contribution in [3.05, 3.63) is 88.4 Å². The summed E-state index contributed by atoms with van der Waals surface area (Å²) in [6, 6.07) is 21.8. The van der Waals surface area contributed by atoms with Crippen molar-refractivity contribution >= 4 is 35.0 Å². The first-order chi connectivity index (χ1) is 16.3. The van der Waals surface area contributed by atoms with Crippen LogP contribution in [0.5, 0.6) is 0 Å². The molecule has 3 aromatic carbocycles. The van der Waals surface area contributed by atoms with Gasteiger partial charge in [0.1, 0.15) is 0 Å². The van der Waals surface area contributed by atoms with Crippen molar-refractivity contribution in [2.75, 3.05) is 11.1 Å². The lowest BCUT2D eigenvalue weighted by Gasteiger charge is -2.17. The zero-order valence-electron chi connectivity index (χ0n) is 19.7. The molecule has 0 saturated heterocycles. The van der Waals surface area contributed by atoms with Gasteiger partial charge in [0.15, 0.2) is 11.0 Å². The molecule has 0 aliphatic heterocycles. The first-order valence-electron chi connectivity index (χ1n) is 11.1. The minimum Gasteiger partial charge on any atom is -0.325 e. The van der Waals surface area contributed by atoms with Gasteiger partial charge in [-0.05, 0) is 78.9 Å². The minimum absolute atomic E-state index is 0.0882. The fraction of sp³-hybridized carbons (Fsp3) is 0.222. The Hall–Kier alpha value is -3.09. The highest BCUT2D eigenvalue weighted by molar-refractivity contribution is 7.99. The fourth-order valence-corrected chi connectivity index (χ4v) is 4.79. The molecule has 0 spiro atoms. The number of hydrogen-bond acceptors (Lipinski definition) is 4. The summed E-state index contributed by atoms with van der Waals surface area (Å²) >= 11 is 7.48. The number of nitrogens with one attached hydrogen (secondary N) is 1. The molecule has 0 bridgehead atoms. The second-order valence-corrected chi connectivity index (χ2v) is 9.95. The number of para-hydroxylation sites is 1. The van der Waals surface area contributed by atoms with E-state index in [-0.39, 0.29) is 11.7 Å². The number of aryl methyl sites for hydroxylation is 2. The standard InChI is InChI=1S/C27H27ClN4OS/c1-17(2)23-7-5-6-8-24(23)32-26(20-9-11-21(28)12-10-20)30-31-27(32)34-16-25(33)29-22-14-18(3)13-19(4)15-22/h5-15,17H,16H2,1-4H3,(H,29,33). The number of anilines is 1. The SMILES string of the molecule is Cc1cc(C)cc(NC(=O)CSc2nnc(-c3ccc(Cl)cc3)n2-c2ccccc2C(C)C)c1. The van der Waals surface area contributed by atoms with Gasteiger partial charge in [-0.25, -0.2) is 0 Å².